The fourth-order valence-electron chi connectivity index (χ4n) is 4.69. The number of methoxy groups -OCH3 is 4. The quantitative estimate of drug-likeness (QED) is 0.121. The number of hydrogen-bond acceptors (Lipinski definition) is 7. The number of nitrogens with zero attached hydrogens (tertiary/aromatic N) is 1. The molecule has 4 aromatic carbocycles. The maximum Gasteiger partial charge on any atom is 0.277 e. The van der Waals surface area contributed by atoms with Crippen LogP contribution in [0.3, 0.4) is 0 Å². The molecular formula is C36H40N2O7. The molecule has 0 spiro atoms. The highest BCUT2D eigenvalue weighted by Crippen LogP contribution is 2.36. The largest absolute Gasteiger partial charge is 0.497 e. The summed E-state index contributed by atoms with van der Waals surface area (Å²) in [4.78, 5) is 14.8. The molecule has 9 nitrogen and oxygen atoms in total. The van der Waals surface area contributed by atoms with E-state index in [1.165, 1.54) is 0 Å². The van der Waals surface area contributed by atoms with Gasteiger partial charge in [-0.25, -0.2) is 6.57 Å². The zero-order valence-electron chi connectivity index (χ0n) is 26.5. The average Bonchev–Trinajstić information content (AvgIpc) is 3.09. The highest BCUT2D eigenvalue weighted by Gasteiger charge is 2.23. The van der Waals surface area contributed by atoms with Gasteiger partial charge in [0.25, 0.3) is 6.04 Å². The van der Waals surface area contributed by atoms with Gasteiger partial charge < -0.3 is 38.6 Å². The molecule has 0 fully saturated rings. The van der Waals surface area contributed by atoms with Gasteiger partial charge in [0.05, 0.1) is 53.3 Å². The van der Waals surface area contributed by atoms with Crippen LogP contribution < -0.4 is 33.7 Å². The minimum Gasteiger partial charge on any atom is -0.497 e. The summed E-state index contributed by atoms with van der Waals surface area (Å²) >= 11 is 0. The standard InChI is InChI=1S/C18H21NO4.C18H19NO3/c1-4-23-14-7-5-13(6-8-14)18(19-12-20)16-10-9-15(21-2)11-17(16)22-3;1-5-22-14-8-6-13(7-9-14)18(19-2)16-11-10-15(20-3)12-17(16)21-4/h5-12,18H,4H2,1-3H3,(H,19,20);6-12,18H,5H2,1,3-4H3. The maximum atomic E-state index is 11.1. The molecular weight excluding hydrogens is 572 g/mol. The van der Waals surface area contributed by atoms with Crippen LogP contribution in [0, 0.1) is 6.57 Å². The van der Waals surface area contributed by atoms with Crippen molar-refractivity contribution in [2.24, 2.45) is 0 Å². The van der Waals surface area contributed by atoms with E-state index in [-0.39, 0.29) is 6.04 Å². The molecule has 1 N–H and O–H groups in total. The lowest BCUT2D eigenvalue weighted by Crippen LogP contribution is -2.21. The lowest BCUT2D eigenvalue weighted by Gasteiger charge is -2.20. The first-order valence-electron chi connectivity index (χ1n) is 14.4. The number of carbonyl (C=O) groups is 1. The third-order valence-electron chi connectivity index (χ3n) is 6.88. The molecule has 0 heterocycles. The Hall–Kier alpha value is -5.36. The van der Waals surface area contributed by atoms with Gasteiger partial charge >= 0.3 is 0 Å². The van der Waals surface area contributed by atoms with E-state index >= 15 is 0 Å². The van der Waals surface area contributed by atoms with Gasteiger partial charge in [-0.15, -0.1) is 0 Å². The fourth-order valence-corrected chi connectivity index (χ4v) is 4.69. The Balaban J connectivity index is 0.000000246. The SMILES string of the molecule is CCOc1ccc(C(NC=O)c2ccc(OC)cc2OC)cc1.[C-]#[N+]C(c1ccc(OCC)cc1)c1ccc(OC)cc1OC. The van der Waals surface area contributed by atoms with E-state index in [9.17, 15) is 4.79 Å². The highest BCUT2D eigenvalue weighted by atomic mass is 16.5. The number of carbonyl (C=O) groups excluding carboxylic acids is 1. The van der Waals surface area contributed by atoms with Crippen molar-refractivity contribution >= 4 is 6.41 Å². The van der Waals surface area contributed by atoms with E-state index in [1.54, 1.807) is 40.6 Å². The van der Waals surface area contributed by atoms with Crippen LogP contribution in [0.2, 0.25) is 0 Å². The molecule has 1 amide bonds. The van der Waals surface area contributed by atoms with Crippen molar-refractivity contribution in [1.29, 1.82) is 0 Å². The molecule has 0 aliphatic carbocycles. The Morgan fingerprint density at radius 2 is 1.09 bits per heavy atom. The summed E-state index contributed by atoms with van der Waals surface area (Å²) in [6.07, 6.45) is 0.685. The van der Waals surface area contributed by atoms with Crippen LogP contribution in [-0.4, -0.2) is 48.1 Å². The molecule has 0 aromatic heterocycles. The third kappa shape index (κ3) is 9.07. The Morgan fingerprint density at radius 1 is 0.644 bits per heavy atom. The van der Waals surface area contributed by atoms with E-state index in [1.807, 2.05) is 86.6 Å². The van der Waals surface area contributed by atoms with Gasteiger partial charge in [-0.1, -0.05) is 12.1 Å². The monoisotopic (exact) mass is 612 g/mol. The summed E-state index contributed by atoms with van der Waals surface area (Å²) in [5.74, 6) is 4.30. The van der Waals surface area contributed by atoms with Crippen LogP contribution >= 0.6 is 0 Å². The van der Waals surface area contributed by atoms with Gasteiger partial charge in [-0.05, 0) is 80.1 Å². The first-order valence-corrected chi connectivity index (χ1v) is 14.4. The van der Waals surface area contributed by atoms with Gasteiger partial charge in [-0.2, -0.15) is 0 Å². The van der Waals surface area contributed by atoms with E-state index in [2.05, 4.69) is 10.2 Å². The number of amides is 1. The lowest BCUT2D eigenvalue weighted by molar-refractivity contribution is -0.110. The second-order valence-electron chi connectivity index (χ2n) is 9.47. The zero-order valence-corrected chi connectivity index (χ0v) is 26.5. The van der Waals surface area contributed by atoms with Crippen molar-refractivity contribution in [3.63, 3.8) is 0 Å². The van der Waals surface area contributed by atoms with Crippen LogP contribution in [-0.2, 0) is 4.79 Å². The molecule has 2 atom stereocenters. The molecule has 0 radical (unpaired) electrons. The van der Waals surface area contributed by atoms with Crippen LogP contribution in [0.1, 0.15) is 48.2 Å². The maximum absolute atomic E-state index is 11.1. The number of ether oxygens (including phenoxy) is 6. The molecule has 0 saturated carbocycles. The molecule has 4 rings (SSSR count). The second-order valence-corrected chi connectivity index (χ2v) is 9.47. The van der Waals surface area contributed by atoms with Crippen molar-refractivity contribution in [3.05, 3.63) is 119 Å². The summed E-state index contributed by atoms with van der Waals surface area (Å²) < 4.78 is 32.1. The van der Waals surface area contributed by atoms with Crippen molar-refractivity contribution < 1.29 is 33.2 Å². The van der Waals surface area contributed by atoms with Crippen LogP contribution in [0.15, 0.2) is 84.9 Å². The Labute approximate surface area is 265 Å². The number of nitrogens with one attached hydrogen (secondary N) is 1. The number of rotatable bonds is 14. The normalized spacial score (nSPS) is 11.4. The van der Waals surface area contributed by atoms with Crippen molar-refractivity contribution in [1.82, 2.24) is 5.32 Å². The molecule has 0 bridgehead atoms. The number of hydrogen-bond donors (Lipinski definition) is 1. The molecule has 236 valence electrons. The van der Waals surface area contributed by atoms with E-state index in [0.29, 0.717) is 42.6 Å². The predicted molar refractivity (Wildman–Crippen MR) is 174 cm³/mol. The lowest BCUT2D eigenvalue weighted by atomic mass is 9.97. The summed E-state index contributed by atoms with van der Waals surface area (Å²) in [7, 11) is 6.39. The zero-order chi connectivity index (χ0) is 32.6. The van der Waals surface area contributed by atoms with Gasteiger partial charge in [-0.3, -0.25) is 4.79 Å². The Morgan fingerprint density at radius 3 is 1.51 bits per heavy atom. The molecule has 0 aliphatic heterocycles. The van der Waals surface area contributed by atoms with Gasteiger partial charge in [0.15, 0.2) is 0 Å². The van der Waals surface area contributed by atoms with Gasteiger partial charge in [0.1, 0.15) is 34.5 Å². The first-order chi connectivity index (χ1) is 22.0. The van der Waals surface area contributed by atoms with Crippen molar-refractivity contribution in [3.8, 4) is 34.5 Å². The third-order valence-corrected chi connectivity index (χ3v) is 6.88. The van der Waals surface area contributed by atoms with Crippen LogP contribution in [0.25, 0.3) is 4.85 Å². The van der Waals surface area contributed by atoms with Gasteiger partial charge in [0, 0.05) is 23.3 Å². The minimum atomic E-state index is -0.420. The smallest absolute Gasteiger partial charge is 0.277 e. The Kier molecular flexibility index (Phi) is 13.4. The van der Waals surface area contributed by atoms with E-state index in [4.69, 9.17) is 35.0 Å². The summed E-state index contributed by atoms with van der Waals surface area (Å²) in [5, 5.41) is 2.84. The molecule has 45 heavy (non-hydrogen) atoms. The minimum absolute atomic E-state index is 0.316. The fraction of sp³-hybridized carbons (Fsp3) is 0.278. The van der Waals surface area contributed by atoms with E-state index in [0.717, 1.165) is 33.8 Å². The molecule has 0 saturated heterocycles. The van der Waals surface area contributed by atoms with Crippen LogP contribution in [0.4, 0.5) is 0 Å². The summed E-state index contributed by atoms with van der Waals surface area (Å²) in [6.45, 7) is 12.7. The first kappa shape index (κ1) is 34.1. The topological polar surface area (TPSA) is 88.8 Å². The van der Waals surface area contributed by atoms with Crippen LogP contribution in [0.5, 0.6) is 34.5 Å². The molecule has 2 unspecified atom stereocenters. The average molecular weight is 613 g/mol. The highest BCUT2D eigenvalue weighted by molar-refractivity contribution is 5.54. The molecule has 4 aromatic rings. The second kappa shape index (κ2) is 17.7. The molecule has 9 heteroatoms. The Bertz CT molecular complexity index is 1530. The van der Waals surface area contributed by atoms with Crippen molar-refractivity contribution in [2.75, 3.05) is 41.7 Å². The summed E-state index contributed by atoms with van der Waals surface area (Å²) in [5.41, 5.74) is 3.51. The van der Waals surface area contributed by atoms with Crippen molar-refractivity contribution in [2.45, 2.75) is 25.9 Å². The van der Waals surface area contributed by atoms with E-state index < -0.39 is 6.04 Å². The predicted octanol–water partition coefficient (Wildman–Crippen LogP) is 7.05. The van der Waals surface area contributed by atoms with Gasteiger partial charge in [0.2, 0.25) is 6.41 Å². The molecule has 0 aliphatic rings. The number of benzene rings is 4. The summed E-state index contributed by atoms with van der Waals surface area (Å²) in [6, 6.07) is 25.5.